The molecule has 3 heteroatoms. The zero-order valence-corrected chi connectivity index (χ0v) is 7.26. The SMILES string of the molecule is C#CC(C)NC(=O)C1CCCN1. The Morgan fingerprint density at radius 2 is 2.58 bits per heavy atom. The Morgan fingerprint density at radius 1 is 1.83 bits per heavy atom. The molecule has 0 radical (unpaired) electrons. The van der Waals surface area contributed by atoms with E-state index in [9.17, 15) is 4.79 Å². The van der Waals surface area contributed by atoms with Crippen molar-refractivity contribution in [1.29, 1.82) is 0 Å². The lowest BCUT2D eigenvalue weighted by molar-refractivity contribution is -0.123. The molecular formula is C9H14N2O. The molecule has 3 nitrogen and oxygen atoms in total. The third-order valence-electron chi connectivity index (χ3n) is 1.99. The van der Waals surface area contributed by atoms with E-state index in [4.69, 9.17) is 6.42 Å². The summed E-state index contributed by atoms with van der Waals surface area (Å²) in [6.45, 7) is 2.73. The van der Waals surface area contributed by atoms with Crippen molar-refractivity contribution < 1.29 is 4.79 Å². The van der Waals surface area contributed by atoms with Gasteiger partial charge in [0.25, 0.3) is 0 Å². The van der Waals surface area contributed by atoms with Crippen LogP contribution in [0.3, 0.4) is 0 Å². The third kappa shape index (κ3) is 2.24. The summed E-state index contributed by atoms with van der Waals surface area (Å²) in [5, 5.41) is 5.84. The molecule has 1 saturated heterocycles. The van der Waals surface area contributed by atoms with Crippen molar-refractivity contribution >= 4 is 5.91 Å². The maximum Gasteiger partial charge on any atom is 0.238 e. The van der Waals surface area contributed by atoms with Crippen LogP contribution >= 0.6 is 0 Å². The average molecular weight is 166 g/mol. The summed E-state index contributed by atoms with van der Waals surface area (Å²) in [4.78, 5) is 11.3. The summed E-state index contributed by atoms with van der Waals surface area (Å²) >= 11 is 0. The van der Waals surface area contributed by atoms with Crippen molar-refractivity contribution in [3.05, 3.63) is 0 Å². The van der Waals surface area contributed by atoms with Crippen LogP contribution in [0.2, 0.25) is 0 Å². The maximum absolute atomic E-state index is 11.3. The quantitative estimate of drug-likeness (QED) is 0.561. The molecule has 2 unspecified atom stereocenters. The van der Waals surface area contributed by atoms with Gasteiger partial charge in [-0.3, -0.25) is 4.79 Å². The van der Waals surface area contributed by atoms with Gasteiger partial charge >= 0.3 is 0 Å². The zero-order valence-electron chi connectivity index (χ0n) is 7.26. The molecular weight excluding hydrogens is 152 g/mol. The Hall–Kier alpha value is -1.01. The number of hydrogen-bond acceptors (Lipinski definition) is 2. The molecule has 1 heterocycles. The maximum atomic E-state index is 11.3. The average Bonchev–Trinajstić information content (AvgIpc) is 2.56. The lowest BCUT2D eigenvalue weighted by Crippen LogP contribution is -2.43. The van der Waals surface area contributed by atoms with Gasteiger partial charge < -0.3 is 10.6 Å². The second kappa shape index (κ2) is 4.13. The van der Waals surface area contributed by atoms with Crippen LogP contribution in [0.25, 0.3) is 0 Å². The molecule has 2 N–H and O–H groups in total. The molecule has 0 saturated carbocycles. The van der Waals surface area contributed by atoms with Gasteiger partial charge in [0.2, 0.25) is 5.91 Å². The summed E-state index contributed by atoms with van der Waals surface area (Å²) < 4.78 is 0. The number of nitrogens with one attached hydrogen (secondary N) is 2. The van der Waals surface area contributed by atoms with Crippen molar-refractivity contribution in [3.8, 4) is 12.3 Å². The van der Waals surface area contributed by atoms with Gasteiger partial charge in [-0.05, 0) is 26.3 Å². The molecule has 0 aliphatic carbocycles. The summed E-state index contributed by atoms with van der Waals surface area (Å²) in [7, 11) is 0. The number of amides is 1. The number of hydrogen-bond donors (Lipinski definition) is 2. The van der Waals surface area contributed by atoms with Crippen molar-refractivity contribution in [2.45, 2.75) is 31.8 Å². The van der Waals surface area contributed by atoms with Crippen molar-refractivity contribution in [2.75, 3.05) is 6.54 Å². The smallest absolute Gasteiger partial charge is 0.238 e. The summed E-state index contributed by atoms with van der Waals surface area (Å²) in [6.07, 6.45) is 7.13. The molecule has 0 aromatic rings. The minimum Gasteiger partial charge on any atom is -0.341 e. The normalized spacial score (nSPS) is 24.5. The number of rotatable bonds is 2. The Labute approximate surface area is 72.9 Å². The molecule has 1 rings (SSSR count). The van der Waals surface area contributed by atoms with Gasteiger partial charge in [-0.15, -0.1) is 6.42 Å². The monoisotopic (exact) mass is 166 g/mol. The first-order chi connectivity index (χ1) is 5.74. The predicted octanol–water partition coefficient (Wildman–Crippen LogP) is -0.124. The number of terminal acetylenes is 1. The van der Waals surface area contributed by atoms with Crippen molar-refractivity contribution in [2.24, 2.45) is 0 Å². The Kier molecular flexibility index (Phi) is 3.12. The molecule has 12 heavy (non-hydrogen) atoms. The molecule has 1 fully saturated rings. The van der Waals surface area contributed by atoms with Gasteiger partial charge in [-0.25, -0.2) is 0 Å². The predicted molar refractivity (Wildman–Crippen MR) is 47.5 cm³/mol. The fraction of sp³-hybridized carbons (Fsp3) is 0.667. The lowest BCUT2D eigenvalue weighted by Gasteiger charge is -2.12. The largest absolute Gasteiger partial charge is 0.341 e. The van der Waals surface area contributed by atoms with E-state index < -0.39 is 0 Å². The van der Waals surface area contributed by atoms with E-state index in [1.807, 2.05) is 0 Å². The van der Waals surface area contributed by atoms with Gasteiger partial charge in [-0.1, -0.05) is 5.92 Å². The van der Waals surface area contributed by atoms with Crippen molar-refractivity contribution in [3.63, 3.8) is 0 Å². The van der Waals surface area contributed by atoms with Crippen LogP contribution < -0.4 is 10.6 Å². The number of carbonyl (C=O) groups is 1. The first-order valence-corrected chi connectivity index (χ1v) is 4.24. The van der Waals surface area contributed by atoms with E-state index in [0.717, 1.165) is 19.4 Å². The van der Waals surface area contributed by atoms with Crippen LogP contribution in [-0.4, -0.2) is 24.5 Å². The molecule has 1 aliphatic rings. The second-order valence-electron chi connectivity index (χ2n) is 3.05. The Balaban J connectivity index is 2.33. The highest BCUT2D eigenvalue weighted by Gasteiger charge is 2.22. The van der Waals surface area contributed by atoms with E-state index in [1.54, 1.807) is 6.92 Å². The first kappa shape index (κ1) is 9.08. The molecule has 0 bridgehead atoms. The van der Waals surface area contributed by atoms with E-state index in [0.29, 0.717) is 0 Å². The van der Waals surface area contributed by atoms with Crippen LogP contribution in [0.4, 0.5) is 0 Å². The van der Waals surface area contributed by atoms with Gasteiger partial charge in [0, 0.05) is 0 Å². The summed E-state index contributed by atoms with van der Waals surface area (Å²) in [6, 6.07) is -0.194. The van der Waals surface area contributed by atoms with E-state index in [-0.39, 0.29) is 18.0 Å². The van der Waals surface area contributed by atoms with Crippen LogP contribution in [0.1, 0.15) is 19.8 Å². The molecule has 0 aromatic carbocycles. The fourth-order valence-electron chi connectivity index (χ4n) is 1.26. The van der Waals surface area contributed by atoms with E-state index in [2.05, 4.69) is 16.6 Å². The van der Waals surface area contributed by atoms with Gasteiger partial charge in [-0.2, -0.15) is 0 Å². The zero-order chi connectivity index (χ0) is 8.97. The van der Waals surface area contributed by atoms with Gasteiger partial charge in [0.1, 0.15) is 0 Å². The highest BCUT2D eigenvalue weighted by atomic mass is 16.2. The highest BCUT2D eigenvalue weighted by Crippen LogP contribution is 2.04. The lowest BCUT2D eigenvalue weighted by atomic mass is 10.2. The molecule has 1 aliphatic heterocycles. The van der Waals surface area contributed by atoms with Gasteiger partial charge in [0.05, 0.1) is 12.1 Å². The molecule has 2 atom stereocenters. The van der Waals surface area contributed by atoms with Crippen LogP contribution in [-0.2, 0) is 4.79 Å². The minimum atomic E-state index is -0.167. The van der Waals surface area contributed by atoms with Crippen LogP contribution in [0.15, 0.2) is 0 Å². The molecule has 1 amide bonds. The van der Waals surface area contributed by atoms with Crippen molar-refractivity contribution in [1.82, 2.24) is 10.6 Å². The van der Waals surface area contributed by atoms with E-state index in [1.165, 1.54) is 0 Å². The minimum absolute atomic E-state index is 0.0259. The fourth-order valence-corrected chi connectivity index (χ4v) is 1.26. The summed E-state index contributed by atoms with van der Waals surface area (Å²) in [5.74, 6) is 2.49. The Bertz CT molecular complexity index is 201. The highest BCUT2D eigenvalue weighted by molar-refractivity contribution is 5.82. The Morgan fingerprint density at radius 3 is 3.08 bits per heavy atom. The number of carbonyl (C=O) groups excluding carboxylic acids is 1. The topological polar surface area (TPSA) is 41.1 Å². The van der Waals surface area contributed by atoms with Crippen LogP contribution in [0, 0.1) is 12.3 Å². The third-order valence-corrected chi connectivity index (χ3v) is 1.99. The molecule has 0 spiro atoms. The van der Waals surface area contributed by atoms with E-state index >= 15 is 0 Å². The van der Waals surface area contributed by atoms with Crippen LogP contribution in [0.5, 0.6) is 0 Å². The molecule has 0 aromatic heterocycles. The second-order valence-corrected chi connectivity index (χ2v) is 3.05. The standard InChI is InChI=1S/C9H14N2O/c1-3-7(2)11-9(12)8-5-4-6-10-8/h1,7-8,10H,4-6H2,2H3,(H,11,12). The first-order valence-electron chi connectivity index (χ1n) is 4.24. The molecule has 66 valence electrons. The summed E-state index contributed by atoms with van der Waals surface area (Å²) in [5.41, 5.74) is 0. The van der Waals surface area contributed by atoms with Gasteiger partial charge in [0.15, 0.2) is 0 Å².